The number of thiophene rings is 1. The van der Waals surface area contributed by atoms with E-state index in [-0.39, 0.29) is 17.3 Å². The van der Waals surface area contributed by atoms with Gasteiger partial charge in [-0.1, -0.05) is 0 Å². The van der Waals surface area contributed by atoms with Gasteiger partial charge in [-0.25, -0.2) is 22.8 Å². The Hall–Kier alpha value is -2.60. The van der Waals surface area contributed by atoms with Crippen LogP contribution in [-0.2, 0) is 23.0 Å². The highest BCUT2D eigenvalue weighted by atomic mass is 79.9. The summed E-state index contributed by atoms with van der Waals surface area (Å²) >= 11 is 4.83. The van der Waals surface area contributed by atoms with Crippen molar-refractivity contribution in [1.29, 1.82) is 0 Å². The van der Waals surface area contributed by atoms with Gasteiger partial charge in [-0.2, -0.15) is 4.31 Å². The van der Waals surface area contributed by atoms with Crippen LogP contribution in [0.3, 0.4) is 0 Å². The Morgan fingerprint density at radius 3 is 2.70 bits per heavy atom. The fourth-order valence-corrected chi connectivity index (χ4v) is 6.96. The number of anilines is 2. The molecule has 0 fully saturated rings. The van der Waals surface area contributed by atoms with Crippen LogP contribution in [0.4, 0.5) is 15.9 Å². The summed E-state index contributed by atoms with van der Waals surface area (Å²) in [5.41, 5.74) is 1.72. The Morgan fingerprint density at radius 1 is 1.18 bits per heavy atom. The third-order valence-electron chi connectivity index (χ3n) is 5.48. The minimum Gasteiger partial charge on any atom is -0.497 e. The molecule has 170 valence electrons. The van der Waals surface area contributed by atoms with Crippen LogP contribution < -0.4 is 10.1 Å². The summed E-state index contributed by atoms with van der Waals surface area (Å²) in [7, 11) is -2.10. The second kappa shape index (κ2) is 8.64. The maximum absolute atomic E-state index is 13.5. The summed E-state index contributed by atoms with van der Waals surface area (Å²) in [4.78, 5) is 10.8. The smallest absolute Gasteiger partial charge is 0.243 e. The fraction of sp³-hybridized carbons (Fsp3) is 0.182. The molecule has 0 aliphatic carbocycles. The molecule has 3 heterocycles. The summed E-state index contributed by atoms with van der Waals surface area (Å²) in [6.07, 6.45) is 2.01. The third kappa shape index (κ3) is 4.10. The van der Waals surface area contributed by atoms with E-state index in [0.29, 0.717) is 34.7 Å². The summed E-state index contributed by atoms with van der Waals surface area (Å²) < 4.78 is 47.1. The zero-order valence-corrected chi connectivity index (χ0v) is 20.6. The van der Waals surface area contributed by atoms with Crippen LogP contribution in [-0.4, -0.2) is 36.3 Å². The molecule has 1 N–H and O–H groups in total. The lowest BCUT2D eigenvalue weighted by molar-refractivity contribution is 0.396. The van der Waals surface area contributed by atoms with Gasteiger partial charge in [0.1, 0.15) is 28.5 Å². The lowest BCUT2D eigenvalue weighted by atomic mass is 10.1. The molecule has 5 rings (SSSR count). The number of nitrogens with one attached hydrogen (secondary N) is 1. The van der Waals surface area contributed by atoms with Crippen LogP contribution in [0.15, 0.2) is 58.2 Å². The number of ether oxygens (including phenoxy) is 1. The zero-order chi connectivity index (χ0) is 23.2. The summed E-state index contributed by atoms with van der Waals surface area (Å²) in [6.45, 7) is 0.617. The topological polar surface area (TPSA) is 84.4 Å². The van der Waals surface area contributed by atoms with Gasteiger partial charge in [0.15, 0.2) is 0 Å². The number of rotatable bonds is 5. The molecular formula is C22H18BrFN4O3S2. The lowest BCUT2D eigenvalue weighted by Crippen LogP contribution is -2.35. The van der Waals surface area contributed by atoms with E-state index < -0.39 is 10.0 Å². The molecule has 4 aromatic rings. The first-order valence-corrected chi connectivity index (χ1v) is 13.0. The van der Waals surface area contributed by atoms with Gasteiger partial charge in [0, 0.05) is 22.4 Å². The van der Waals surface area contributed by atoms with E-state index in [0.717, 1.165) is 20.7 Å². The summed E-state index contributed by atoms with van der Waals surface area (Å²) in [5.74, 6) is 0.869. The number of hydrogen-bond donors (Lipinski definition) is 1. The van der Waals surface area contributed by atoms with Crippen molar-refractivity contribution in [3.05, 3.63) is 69.5 Å². The van der Waals surface area contributed by atoms with Gasteiger partial charge in [-0.3, -0.25) is 0 Å². The number of nitrogens with zero attached hydrogens (tertiary/aromatic N) is 3. The average molecular weight is 549 g/mol. The van der Waals surface area contributed by atoms with Crippen molar-refractivity contribution in [2.45, 2.75) is 17.9 Å². The van der Waals surface area contributed by atoms with Crippen molar-refractivity contribution in [1.82, 2.24) is 14.3 Å². The van der Waals surface area contributed by atoms with E-state index in [9.17, 15) is 12.8 Å². The van der Waals surface area contributed by atoms with E-state index >= 15 is 0 Å². The Labute approximate surface area is 202 Å². The Morgan fingerprint density at radius 2 is 1.97 bits per heavy atom. The molecule has 1 aliphatic heterocycles. The first kappa shape index (κ1) is 22.2. The highest BCUT2D eigenvalue weighted by molar-refractivity contribution is 9.10. The van der Waals surface area contributed by atoms with E-state index in [1.54, 1.807) is 30.3 Å². The number of methoxy groups -OCH3 is 1. The molecular weight excluding hydrogens is 531 g/mol. The molecule has 0 amide bonds. The highest BCUT2D eigenvalue weighted by Crippen LogP contribution is 2.40. The van der Waals surface area contributed by atoms with Crippen molar-refractivity contribution in [2.75, 3.05) is 19.0 Å². The van der Waals surface area contributed by atoms with E-state index in [2.05, 4.69) is 31.2 Å². The monoisotopic (exact) mass is 548 g/mol. The predicted octanol–water partition coefficient (Wildman–Crippen LogP) is 5.09. The van der Waals surface area contributed by atoms with Gasteiger partial charge in [0.05, 0.1) is 23.1 Å². The van der Waals surface area contributed by atoms with Gasteiger partial charge in [-0.05, 0) is 70.4 Å². The SMILES string of the molecule is COc1ccc(S(=O)(=O)N2CCc3c(sc4ncnc(Nc5ccc(F)cc5Br)c34)C2)cc1. The molecule has 0 radical (unpaired) electrons. The predicted molar refractivity (Wildman–Crippen MR) is 129 cm³/mol. The number of hydrogen-bond acceptors (Lipinski definition) is 7. The summed E-state index contributed by atoms with van der Waals surface area (Å²) in [6, 6.07) is 10.8. The highest BCUT2D eigenvalue weighted by Gasteiger charge is 2.31. The first-order valence-electron chi connectivity index (χ1n) is 9.98. The van der Waals surface area contributed by atoms with Gasteiger partial charge in [0.2, 0.25) is 10.0 Å². The molecule has 0 saturated carbocycles. The van der Waals surface area contributed by atoms with Gasteiger partial charge in [0.25, 0.3) is 0 Å². The number of sulfonamides is 1. The van der Waals surface area contributed by atoms with E-state index in [4.69, 9.17) is 4.74 Å². The lowest BCUT2D eigenvalue weighted by Gasteiger charge is -2.26. The molecule has 0 bridgehead atoms. The number of fused-ring (bicyclic) bond motifs is 3. The normalized spacial score (nSPS) is 14.3. The number of aromatic nitrogens is 2. The Kier molecular flexibility index (Phi) is 5.81. The number of benzene rings is 2. The first-order chi connectivity index (χ1) is 15.9. The second-order valence-corrected chi connectivity index (χ2v) is 11.3. The van der Waals surface area contributed by atoms with E-state index in [1.807, 2.05) is 0 Å². The molecule has 33 heavy (non-hydrogen) atoms. The maximum Gasteiger partial charge on any atom is 0.243 e. The van der Waals surface area contributed by atoms with Crippen molar-refractivity contribution in [3.8, 4) is 5.75 Å². The van der Waals surface area contributed by atoms with Crippen LogP contribution in [0.5, 0.6) is 5.75 Å². The van der Waals surface area contributed by atoms with Crippen LogP contribution in [0.25, 0.3) is 10.2 Å². The van der Waals surface area contributed by atoms with Crippen molar-refractivity contribution in [2.24, 2.45) is 0 Å². The zero-order valence-electron chi connectivity index (χ0n) is 17.4. The number of halogens is 2. The molecule has 0 atom stereocenters. The Balaban J connectivity index is 1.48. The van der Waals surface area contributed by atoms with Crippen LogP contribution in [0.1, 0.15) is 10.4 Å². The van der Waals surface area contributed by atoms with Crippen molar-refractivity contribution >= 4 is 59.0 Å². The quantitative estimate of drug-likeness (QED) is 0.374. The maximum atomic E-state index is 13.5. The molecule has 2 aromatic carbocycles. The molecule has 7 nitrogen and oxygen atoms in total. The summed E-state index contributed by atoms with van der Waals surface area (Å²) in [5, 5.41) is 4.13. The van der Waals surface area contributed by atoms with Crippen LogP contribution in [0.2, 0.25) is 0 Å². The largest absolute Gasteiger partial charge is 0.497 e. The molecule has 1 aliphatic rings. The minimum atomic E-state index is -3.64. The van der Waals surface area contributed by atoms with Gasteiger partial charge in [-0.15, -0.1) is 11.3 Å². The Bertz CT molecular complexity index is 1460. The molecule has 2 aromatic heterocycles. The minimum absolute atomic E-state index is 0.233. The molecule has 0 unspecified atom stereocenters. The van der Waals surface area contributed by atoms with Crippen molar-refractivity contribution in [3.63, 3.8) is 0 Å². The standard InChI is InChI=1S/C22H18BrFN4O3S2/c1-31-14-3-5-15(6-4-14)33(29,30)28-9-8-16-19(11-28)32-22-20(16)21(25-12-26-22)27-18-7-2-13(24)10-17(18)23/h2-7,10,12H,8-9,11H2,1H3,(H,25,26,27). The molecule has 0 saturated heterocycles. The molecule has 11 heteroatoms. The second-order valence-electron chi connectivity index (χ2n) is 7.42. The van der Waals surface area contributed by atoms with Gasteiger partial charge < -0.3 is 10.1 Å². The fourth-order valence-electron chi connectivity index (χ4n) is 3.82. The third-order valence-corrected chi connectivity index (χ3v) is 9.12. The molecule has 0 spiro atoms. The van der Waals surface area contributed by atoms with Crippen LogP contribution in [0, 0.1) is 5.82 Å². The average Bonchev–Trinajstić information content (AvgIpc) is 3.19. The van der Waals surface area contributed by atoms with Crippen molar-refractivity contribution < 1.29 is 17.5 Å². The van der Waals surface area contributed by atoms with E-state index in [1.165, 1.54) is 41.2 Å². The van der Waals surface area contributed by atoms with Crippen LogP contribution >= 0.6 is 27.3 Å². The van der Waals surface area contributed by atoms with Gasteiger partial charge >= 0.3 is 0 Å².